The number of benzene rings is 2. The van der Waals surface area contributed by atoms with Gasteiger partial charge in [0, 0.05) is 68.9 Å². The maximum absolute atomic E-state index is 13.4. The van der Waals surface area contributed by atoms with Gasteiger partial charge in [-0.3, -0.25) is 38.9 Å². The van der Waals surface area contributed by atoms with Crippen LogP contribution in [-0.4, -0.2) is 122 Å². The number of carbonyl (C=O) groups excluding carboxylic acids is 5. The Labute approximate surface area is 332 Å². The van der Waals surface area contributed by atoms with Crippen molar-refractivity contribution in [2.75, 3.05) is 56.7 Å². The van der Waals surface area contributed by atoms with Crippen LogP contribution < -0.4 is 20.3 Å². The van der Waals surface area contributed by atoms with Crippen LogP contribution in [0.15, 0.2) is 61.2 Å². The highest BCUT2D eigenvalue weighted by Gasteiger charge is 2.48. The Kier molecular flexibility index (Phi) is 8.74. The molecule has 4 aliphatic heterocycles. The van der Waals surface area contributed by atoms with Gasteiger partial charge in [-0.25, -0.2) is 9.50 Å². The minimum Gasteiger partial charge on any atom is -0.491 e. The maximum atomic E-state index is 13.4. The first-order valence-electron chi connectivity index (χ1n) is 19.8. The predicted molar refractivity (Wildman–Crippen MR) is 209 cm³/mol. The highest BCUT2D eigenvalue weighted by Crippen LogP contribution is 2.38. The third-order valence-corrected chi connectivity index (χ3v) is 12.2. The van der Waals surface area contributed by atoms with E-state index in [9.17, 15) is 24.0 Å². The van der Waals surface area contributed by atoms with Gasteiger partial charge in [0.1, 0.15) is 23.0 Å². The molecule has 7 heterocycles. The molecular weight excluding hydrogens is 745 g/mol. The number of fused-ring (bicyclic) bond motifs is 3. The van der Waals surface area contributed by atoms with E-state index >= 15 is 0 Å². The topological polar surface area (TPSA) is 186 Å². The fraction of sp³-hybridized carbons (Fsp3) is 0.415. The summed E-state index contributed by atoms with van der Waals surface area (Å²) in [7, 11) is 1.73. The van der Waals surface area contributed by atoms with Gasteiger partial charge in [-0.2, -0.15) is 10.2 Å². The first-order valence-corrected chi connectivity index (χ1v) is 19.8. The number of methoxy groups -OCH3 is 1. The number of hydrogen-bond acceptors (Lipinski definition) is 12. The normalized spacial score (nSPS) is 21.1. The van der Waals surface area contributed by atoms with Crippen LogP contribution in [0, 0.1) is 5.92 Å². The summed E-state index contributed by atoms with van der Waals surface area (Å²) in [5, 5.41) is 15.4. The summed E-state index contributed by atoms with van der Waals surface area (Å²) in [5.41, 5.74) is 3.16. The van der Waals surface area contributed by atoms with Crippen molar-refractivity contribution in [3.05, 3.63) is 77.9 Å². The van der Waals surface area contributed by atoms with Crippen LogP contribution in [0.3, 0.4) is 0 Å². The first kappa shape index (κ1) is 36.2. The van der Waals surface area contributed by atoms with Gasteiger partial charge in [0.15, 0.2) is 5.65 Å². The molecule has 298 valence electrons. The van der Waals surface area contributed by atoms with Crippen LogP contribution in [-0.2, 0) is 14.3 Å². The quantitative estimate of drug-likeness (QED) is 0.187. The second-order valence-corrected chi connectivity index (χ2v) is 16.1. The van der Waals surface area contributed by atoms with E-state index in [-0.39, 0.29) is 35.9 Å². The lowest BCUT2D eigenvalue weighted by Crippen LogP contribution is -2.68. The Morgan fingerprint density at radius 1 is 1.00 bits per heavy atom. The number of likely N-dealkylation sites (tertiary alicyclic amines) is 1. The number of ether oxygens (including phenoxy) is 2. The van der Waals surface area contributed by atoms with E-state index in [1.165, 1.54) is 6.20 Å². The summed E-state index contributed by atoms with van der Waals surface area (Å²) in [6.45, 7) is 4.29. The Morgan fingerprint density at radius 2 is 1.81 bits per heavy atom. The molecular formula is C41H42N10O7. The molecule has 5 aliphatic rings. The van der Waals surface area contributed by atoms with E-state index in [4.69, 9.17) is 14.6 Å². The number of piperidine rings is 2. The molecule has 1 unspecified atom stereocenters. The molecule has 1 saturated carbocycles. The zero-order valence-electron chi connectivity index (χ0n) is 31.9. The van der Waals surface area contributed by atoms with Gasteiger partial charge in [0.2, 0.25) is 11.8 Å². The van der Waals surface area contributed by atoms with Crippen molar-refractivity contribution in [3.63, 3.8) is 0 Å². The van der Waals surface area contributed by atoms with Crippen LogP contribution in [0.2, 0.25) is 0 Å². The minimum absolute atomic E-state index is 0.0743. The highest BCUT2D eigenvalue weighted by atomic mass is 16.5. The molecule has 2 N–H and O–H groups in total. The van der Waals surface area contributed by atoms with E-state index in [2.05, 4.69) is 30.5 Å². The fourth-order valence-electron chi connectivity index (χ4n) is 8.68. The molecule has 17 nitrogen and oxygen atoms in total. The molecule has 4 fully saturated rings. The lowest BCUT2D eigenvalue weighted by molar-refractivity contribution is -0.136. The second-order valence-electron chi connectivity index (χ2n) is 16.1. The summed E-state index contributed by atoms with van der Waals surface area (Å²) in [6, 6.07) is 10.0. The number of nitrogens with one attached hydrogen (secondary N) is 2. The molecule has 3 aromatic heterocycles. The maximum Gasteiger partial charge on any atom is 0.262 e. The standard InChI is InChI=1S/C41H42N10O7/c1-57-41(22-48(23-41)27-5-6-28-29(16-27)40(56)51(39(28)55)33-7-8-35(52)45-38(33)54)21-47-13-9-26(10-14-47)50-19-25-15-32(34(17-31(25)46-50)58-20-24-3-4-24)44-37(53)30-18-43-49-12-2-11-42-36(30)49/h2,5-6,11-12,15-19,24,26,33H,3-4,7-10,13-14,20-23H2,1H3,(H,44,53)(H,45,52,54). The summed E-state index contributed by atoms with van der Waals surface area (Å²) < 4.78 is 16.0. The Hall–Kier alpha value is -6.20. The lowest BCUT2D eigenvalue weighted by atomic mass is 9.90. The van der Waals surface area contributed by atoms with Crippen molar-refractivity contribution in [1.29, 1.82) is 0 Å². The molecule has 3 saturated heterocycles. The minimum atomic E-state index is -1.00. The zero-order chi connectivity index (χ0) is 39.7. The molecule has 0 bridgehead atoms. The number of nitrogens with zero attached hydrogens (tertiary/aromatic N) is 8. The SMILES string of the molecule is COC1(CN2CCC(n3cc4cc(NC(=O)c5cnn6cccnc56)c(OCC5CC5)cc4n3)CC2)CN(c2ccc3c(c2)C(=O)N(C2CCC(=O)NC2=O)C3=O)C1. The van der Waals surface area contributed by atoms with Gasteiger partial charge in [0.05, 0.1) is 54.3 Å². The van der Waals surface area contributed by atoms with Gasteiger partial charge in [0.25, 0.3) is 17.7 Å². The van der Waals surface area contributed by atoms with Crippen molar-refractivity contribution >= 4 is 57.5 Å². The van der Waals surface area contributed by atoms with Crippen molar-refractivity contribution in [3.8, 4) is 5.75 Å². The number of imide groups is 2. The number of anilines is 2. The van der Waals surface area contributed by atoms with Gasteiger partial charge in [-0.1, -0.05) is 0 Å². The molecule has 1 aliphatic carbocycles. The fourth-order valence-corrected chi connectivity index (χ4v) is 8.68. The van der Waals surface area contributed by atoms with Crippen LogP contribution in [0.5, 0.6) is 5.75 Å². The molecule has 5 aromatic rings. The summed E-state index contributed by atoms with van der Waals surface area (Å²) in [6.07, 6.45) is 11.2. The zero-order valence-corrected chi connectivity index (χ0v) is 31.9. The second kappa shape index (κ2) is 14.0. The summed E-state index contributed by atoms with van der Waals surface area (Å²) >= 11 is 0. The summed E-state index contributed by atoms with van der Waals surface area (Å²) in [5.74, 6) is -1.26. The average Bonchev–Trinajstić information content (AvgIpc) is 3.70. The van der Waals surface area contributed by atoms with E-state index in [1.807, 2.05) is 29.1 Å². The van der Waals surface area contributed by atoms with Gasteiger partial charge in [-0.15, -0.1) is 0 Å². The van der Waals surface area contributed by atoms with Crippen molar-refractivity contribution in [2.24, 2.45) is 5.92 Å². The number of amides is 5. The highest BCUT2D eigenvalue weighted by molar-refractivity contribution is 6.23. The van der Waals surface area contributed by atoms with Crippen molar-refractivity contribution < 1.29 is 33.4 Å². The molecule has 17 heteroatoms. The van der Waals surface area contributed by atoms with E-state index in [0.717, 1.165) is 66.8 Å². The van der Waals surface area contributed by atoms with E-state index in [1.54, 1.807) is 42.2 Å². The van der Waals surface area contributed by atoms with Crippen molar-refractivity contribution in [2.45, 2.75) is 56.2 Å². The van der Waals surface area contributed by atoms with Crippen LogP contribution >= 0.6 is 0 Å². The summed E-state index contributed by atoms with van der Waals surface area (Å²) in [4.78, 5) is 74.0. The Balaban J connectivity index is 0.781. The molecule has 0 spiro atoms. The number of rotatable bonds is 11. The predicted octanol–water partition coefficient (Wildman–Crippen LogP) is 3.06. The Morgan fingerprint density at radius 3 is 2.59 bits per heavy atom. The molecule has 5 amide bonds. The number of carbonyl (C=O) groups is 5. The third kappa shape index (κ3) is 6.43. The smallest absolute Gasteiger partial charge is 0.262 e. The largest absolute Gasteiger partial charge is 0.491 e. The Bertz CT molecular complexity index is 2510. The average molecular weight is 787 g/mol. The first-order chi connectivity index (χ1) is 28.1. The third-order valence-electron chi connectivity index (χ3n) is 12.2. The van der Waals surface area contributed by atoms with Crippen LogP contribution in [0.25, 0.3) is 16.6 Å². The van der Waals surface area contributed by atoms with E-state index in [0.29, 0.717) is 48.3 Å². The van der Waals surface area contributed by atoms with Crippen LogP contribution in [0.4, 0.5) is 11.4 Å². The van der Waals surface area contributed by atoms with Gasteiger partial charge < -0.3 is 24.6 Å². The number of aromatic nitrogens is 5. The molecule has 2 aromatic carbocycles. The lowest BCUT2D eigenvalue weighted by Gasteiger charge is -2.52. The van der Waals surface area contributed by atoms with Crippen molar-refractivity contribution in [1.82, 2.24) is 39.5 Å². The van der Waals surface area contributed by atoms with E-state index < -0.39 is 35.3 Å². The van der Waals surface area contributed by atoms with Gasteiger partial charge in [-0.05, 0) is 68.4 Å². The monoisotopic (exact) mass is 786 g/mol. The molecule has 58 heavy (non-hydrogen) atoms. The molecule has 0 radical (unpaired) electrons. The molecule has 1 atom stereocenters. The number of hydrogen-bond donors (Lipinski definition) is 2. The molecule has 10 rings (SSSR count). The van der Waals surface area contributed by atoms with Crippen LogP contribution in [0.1, 0.15) is 75.6 Å². The van der Waals surface area contributed by atoms with Gasteiger partial charge >= 0.3 is 0 Å².